The second-order valence-electron chi connectivity index (χ2n) is 8.01. The maximum Gasteiger partial charge on any atom is 0.248 e. The van der Waals surface area contributed by atoms with E-state index in [-0.39, 0.29) is 18.6 Å². The van der Waals surface area contributed by atoms with Gasteiger partial charge in [-0.2, -0.15) is 5.10 Å². The molecule has 3 aromatic rings. The smallest absolute Gasteiger partial charge is 0.248 e. The van der Waals surface area contributed by atoms with E-state index in [0.717, 1.165) is 36.4 Å². The fraction of sp³-hybridized carbons (Fsp3) is 0.360. The van der Waals surface area contributed by atoms with E-state index in [1.54, 1.807) is 21.7 Å². The average Bonchev–Trinajstić information content (AvgIpc) is 3.44. The Kier molecular flexibility index (Phi) is 7.65. The molecule has 1 amide bonds. The SMILES string of the molecule is COCC(=O)N(Cc1c(C)nn(-c2ccccc2)c1Oc1ccc(Cl)cc1)CC1CCCO1. The minimum atomic E-state index is -0.0997. The highest BCUT2D eigenvalue weighted by molar-refractivity contribution is 6.30. The Morgan fingerprint density at radius 2 is 1.97 bits per heavy atom. The van der Waals surface area contributed by atoms with Crippen molar-refractivity contribution in [2.45, 2.75) is 32.4 Å². The molecule has 7 nitrogen and oxygen atoms in total. The van der Waals surface area contributed by atoms with Gasteiger partial charge in [-0.1, -0.05) is 29.8 Å². The van der Waals surface area contributed by atoms with Crippen LogP contribution >= 0.6 is 11.6 Å². The molecule has 1 aliphatic rings. The van der Waals surface area contributed by atoms with Gasteiger partial charge in [0.25, 0.3) is 0 Å². The molecule has 4 rings (SSSR count). The van der Waals surface area contributed by atoms with Gasteiger partial charge >= 0.3 is 0 Å². The number of para-hydroxylation sites is 1. The zero-order valence-electron chi connectivity index (χ0n) is 18.9. The van der Waals surface area contributed by atoms with Gasteiger partial charge in [0.05, 0.1) is 29.6 Å². The molecule has 0 aliphatic carbocycles. The van der Waals surface area contributed by atoms with Crippen LogP contribution in [-0.2, 0) is 20.8 Å². The van der Waals surface area contributed by atoms with Crippen LogP contribution in [0.5, 0.6) is 11.6 Å². The van der Waals surface area contributed by atoms with Gasteiger partial charge in [0, 0.05) is 25.3 Å². The number of hydrogen-bond acceptors (Lipinski definition) is 5. The van der Waals surface area contributed by atoms with Crippen molar-refractivity contribution in [2.75, 3.05) is 26.9 Å². The van der Waals surface area contributed by atoms with E-state index in [1.165, 1.54) is 7.11 Å². The molecule has 1 fully saturated rings. The number of aromatic nitrogens is 2. The lowest BCUT2D eigenvalue weighted by Crippen LogP contribution is -2.39. The summed E-state index contributed by atoms with van der Waals surface area (Å²) in [5.41, 5.74) is 2.48. The number of carbonyl (C=O) groups excluding carboxylic acids is 1. The summed E-state index contributed by atoms with van der Waals surface area (Å²) in [6, 6.07) is 16.9. The lowest BCUT2D eigenvalue weighted by atomic mass is 10.2. The van der Waals surface area contributed by atoms with E-state index < -0.39 is 0 Å². The maximum absolute atomic E-state index is 12.9. The molecule has 8 heteroatoms. The zero-order chi connectivity index (χ0) is 23.2. The van der Waals surface area contributed by atoms with Gasteiger partial charge in [-0.15, -0.1) is 0 Å². The molecule has 1 aromatic heterocycles. The van der Waals surface area contributed by atoms with Crippen molar-refractivity contribution in [3.05, 3.63) is 70.9 Å². The normalized spacial score (nSPS) is 15.5. The molecule has 1 saturated heterocycles. The molecule has 0 spiro atoms. The number of carbonyl (C=O) groups is 1. The summed E-state index contributed by atoms with van der Waals surface area (Å²) >= 11 is 6.05. The topological polar surface area (TPSA) is 65.8 Å². The maximum atomic E-state index is 12.9. The molecule has 1 atom stereocenters. The highest BCUT2D eigenvalue weighted by Gasteiger charge is 2.27. The van der Waals surface area contributed by atoms with Crippen molar-refractivity contribution in [1.82, 2.24) is 14.7 Å². The third kappa shape index (κ3) is 5.74. The number of benzene rings is 2. The van der Waals surface area contributed by atoms with Crippen LogP contribution in [0.3, 0.4) is 0 Å². The molecule has 33 heavy (non-hydrogen) atoms. The summed E-state index contributed by atoms with van der Waals surface area (Å²) in [5, 5.41) is 5.38. The number of hydrogen-bond donors (Lipinski definition) is 0. The van der Waals surface area contributed by atoms with Gasteiger partial charge in [0.2, 0.25) is 11.8 Å². The molecule has 0 N–H and O–H groups in total. The minimum Gasteiger partial charge on any atom is -0.439 e. The fourth-order valence-electron chi connectivity index (χ4n) is 3.88. The summed E-state index contributed by atoms with van der Waals surface area (Å²) in [6.07, 6.45) is 1.97. The lowest BCUT2D eigenvalue weighted by molar-refractivity contribution is -0.137. The lowest BCUT2D eigenvalue weighted by Gasteiger charge is -2.25. The fourth-order valence-corrected chi connectivity index (χ4v) is 4.00. The molecule has 174 valence electrons. The van der Waals surface area contributed by atoms with Gasteiger partial charge in [-0.3, -0.25) is 4.79 Å². The summed E-state index contributed by atoms with van der Waals surface area (Å²) in [5.74, 6) is 1.09. The van der Waals surface area contributed by atoms with Gasteiger partial charge in [0.15, 0.2) is 0 Å². The van der Waals surface area contributed by atoms with Crippen LogP contribution in [0.2, 0.25) is 5.02 Å². The first-order valence-electron chi connectivity index (χ1n) is 11.0. The Morgan fingerprint density at radius 3 is 2.64 bits per heavy atom. The number of ether oxygens (including phenoxy) is 3. The summed E-state index contributed by atoms with van der Waals surface area (Å²) < 4.78 is 19.0. The van der Waals surface area contributed by atoms with E-state index in [2.05, 4.69) is 0 Å². The molecule has 2 heterocycles. The molecular weight excluding hydrogens is 442 g/mol. The number of halogens is 1. The van der Waals surface area contributed by atoms with Crippen LogP contribution in [0.25, 0.3) is 5.69 Å². The third-order valence-corrected chi connectivity index (χ3v) is 5.84. The van der Waals surface area contributed by atoms with Gasteiger partial charge in [0.1, 0.15) is 12.4 Å². The van der Waals surface area contributed by atoms with Crippen molar-refractivity contribution < 1.29 is 19.0 Å². The number of amides is 1. The minimum absolute atomic E-state index is 0.00592. The predicted octanol–water partition coefficient (Wildman–Crippen LogP) is 4.78. The summed E-state index contributed by atoms with van der Waals surface area (Å²) in [7, 11) is 1.52. The second kappa shape index (κ2) is 10.8. The number of methoxy groups -OCH3 is 1. The first kappa shape index (κ1) is 23.3. The van der Waals surface area contributed by atoms with E-state index >= 15 is 0 Å². The summed E-state index contributed by atoms with van der Waals surface area (Å²) in [4.78, 5) is 14.7. The first-order chi connectivity index (χ1) is 16.0. The molecular formula is C25H28ClN3O4. The highest BCUT2D eigenvalue weighted by atomic mass is 35.5. The van der Waals surface area contributed by atoms with Crippen LogP contribution in [0.1, 0.15) is 24.1 Å². The number of nitrogens with zero attached hydrogens (tertiary/aromatic N) is 3. The molecule has 1 unspecified atom stereocenters. The van der Waals surface area contributed by atoms with Crippen LogP contribution in [0, 0.1) is 6.92 Å². The Bertz CT molecular complexity index is 1060. The molecule has 0 bridgehead atoms. The van der Waals surface area contributed by atoms with Crippen molar-refractivity contribution in [1.29, 1.82) is 0 Å². The summed E-state index contributed by atoms with van der Waals surface area (Å²) in [6.45, 7) is 3.50. The zero-order valence-corrected chi connectivity index (χ0v) is 19.6. The first-order valence-corrected chi connectivity index (χ1v) is 11.4. The molecule has 0 saturated carbocycles. The van der Waals surface area contributed by atoms with E-state index in [4.69, 9.17) is 30.9 Å². The third-order valence-electron chi connectivity index (χ3n) is 5.58. The van der Waals surface area contributed by atoms with Crippen molar-refractivity contribution in [3.8, 4) is 17.3 Å². The average molecular weight is 470 g/mol. The van der Waals surface area contributed by atoms with E-state index in [1.807, 2.05) is 49.4 Å². The van der Waals surface area contributed by atoms with E-state index in [0.29, 0.717) is 29.7 Å². The van der Waals surface area contributed by atoms with Crippen LogP contribution < -0.4 is 4.74 Å². The van der Waals surface area contributed by atoms with Gasteiger partial charge in [-0.05, 0) is 56.2 Å². The number of rotatable bonds is 9. The van der Waals surface area contributed by atoms with Gasteiger partial charge < -0.3 is 19.1 Å². The van der Waals surface area contributed by atoms with Crippen molar-refractivity contribution >= 4 is 17.5 Å². The monoisotopic (exact) mass is 469 g/mol. The molecule has 0 radical (unpaired) electrons. The van der Waals surface area contributed by atoms with Crippen LogP contribution in [-0.4, -0.2) is 53.6 Å². The Labute approximate surface area is 198 Å². The molecule has 2 aromatic carbocycles. The standard InChI is InChI=1S/C25H28ClN3O4/c1-18-23(16-28(24(30)17-31-2)15-22-9-6-14-32-22)25(33-21-12-10-19(26)11-13-21)29(27-18)20-7-4-3-5-8-20/h3-5,7-8,10-13,22H,6,9,14-17H2,1-2H3. The quantitative estimate of drug-likeness (QED) is 0.451. The molecule has 1 aliphatic heterocycles. The van der Waals surface area contributed by atoms with Crippen LogP contribution in [0.15, 0.2) is 54.6 Å². The Balaban J connectivity index is 1.71. The Morgan fingerprint density at radius 1 is 1.21 bits per heavy atom. The predicted molar refractivity (Wildman–Crippen MR) is 126 cm³/mol. The van der Waals surface area contributed by atoms with Crippen molar-refractivity contribution in [3.63, 3.8) is 0 Å². The van der Waals surface area contributed by atoms with Gasteiger partial charge in [-0.25, -0.2) is 4.68 Å². The van der Waals surface area contributed by atoms with E-state index in [9.17, 15) is 4.79 Å². The number of aryl methyl sites for hydroxylation is 1. The Hall–Kier alpha value is -2.87. The highest BCUT2D eigenvalue weighted by Crippen LogP contribution is 2.32. The van der Waals surface area contributed by atoms with Crippen molar-refractivity contribution in [2.24, 2.45) is 0 Å². The van der Waals surface area contributed by atoms with Crippen LogP contribution in [0.4, 0.5) is 0 Å². The largest absolute Gasteiger partial charge is 0.439 e. The second-order valence-corrected chi connectivity index (χ2v) is 8.45.